The highest BCUT2D eigenvalue weighted by Gasteiger charge is 2.21. The Bertz CT molecular complexity index is 366. The number of piperidine rings is 1. The number of Topliss-reactive ketones (excluding diaryl/α,β-unsaturated/α-hetero) is 1. The summed E-state index contributed by atoms with van der Waals surface area (Å²) in [5.74, 6) is 0.446. The lowest BCUT2D eigenvalue weighted by molar-refractivity contribution is 0.0895. The molecule has 2 rings (SSSR count). The largest absolute Gasteiger partial charge is 0.396 e. The first-order valence-electron chi connectivity index (χ1n) is 6.26. The van der Waals surface area contributed by atoms with Gasteiger partial charge in [-0.05, 0) is 37.9 Å². The molecule has 1 aromatic rings. The Morgan fingerprint density at radius 3 is 2.47 bits per heavy atom. The van der Waals surface area contributed by atoms with E-state index in [-0.39, 0.29) is 18.3 Å². The maximum atomic E-state index is 12.2. The number of hydrogen-bond acceptors (Lipinski definition) is 3. The number of aliphatic hydroxyl groups is 1. The number of carbonyl (C=O) groups is 1. The van der Waals surface area contributed by atoms with E-state index in [0.717, 1.165) is 37.1 Å². The Morgan fingerprint density at radius 1 is 1.24 bits per heavy atom. The predicted octanol–water partition coefficient (Wildman–Crippen LogP) is 1.40. The molecule has 2 N–H and O–H groups in total. The molecule has 3 heteroatoms. The van der Waals surface area contributed by atoms with E-state index < -0.39 is 0 Å². The molecular weight excluding hydrogens is 214 g/mol. The first-order chi connectivity index (χ1) is 8.31. The highest BCUT2D eigenvalue weighted by molar-refractivity contribution is 5.97. The zero-order valence-corrected chi connectivity index (χ0v) is 9.98. The molecule has 3 nitrogen and oxygen atoms in total. The number of hydrogen-bond donors (Lipinski definition) is 2. The predicted molar refractivity (Wildman–Crippen MR) is 67.2 cm³/mol. The molecule has 0 aromatic heterocycles. The standard InChI is InChI=1S/C14H19NO2/c16-10-7-11-1-3-12(4-2-11)14(17)13-5-8-15-9-6-13/h1-4,13,15-16H,5-10H2. The van der Waals surface area contributed by atoms with E-state index in [1.807, 2.05) is 24.3 Å². The highest BCUT2D eigenvalue weighted by Crippen LogP contribution is 2.18. The molecule has 1 fully saturated rings. The van der Waals surface area contributed by atoms with E-state index in [2.05, 4.69) is 5.32 Å². The highest BCUT2D eigenvalue weighted by atomic mass is 16.2. The molecule has 1 aliphatic heterocycles. The van der Waals surface area contributed by atoms with E-state index in [0.29, 0.717) is 6.42 Å². The second-order valence-electron chi connectivity index (χ2n) is 4.56. The monoisotopic (exact) mass is 233 g/mol. The lowest BCUT2D eigenvalue weighted by Crippen LogP contribution is -2.31. The van der Waals surface area contributed by atoms with Crippen LogP contribution in [0.1, 0.15) is 28.8 Å². The molecule has 1 saturated heterocycles. The lowest BCUT2D eigenvalue weighted by atomic mass is 9.89. The molecule has 0 radical (unpaired) electrons. The molecule has 0 spiro atoms. The van der Waals surface area contributed by atoms with Crippen LogP contribution in [0.4, 0.5) is 0 Å². The van der Waals surface area contributed by atoms with Crippen molar-refractivity contribution in [2.75, 3.05) is 19.7 Å². The van der Waals surface area contributed by atoms with Gasteiger partial charge >= 0.3 is 0 Å². The maximum Gasteiger partial charge on any atom is 0.166 e. The molecule has 17 heavy (non-hydrogen) atoms. The molecule has 0 unspecified atom stereocenters. The number of nitrogens with one attached hydrogen (secondary N) is 1. The molecule has 1 aromatic carbocycles. The zero-order valence-electron chi connectivity index (χ0n) is 9.98. The van der Waals surface area contributed by atoms with Gasteiger partial charge in [0.15, 0.2) is 5.78 Å². The summed E-state index contributed by atoms with van der Waals surface area (Å²) in [6, 6.07) is 7.64. The Morgan fingerprint density at radius 2 is 1.88 bits per heavy atom. The van der Waals surface area contributed by atoms with Crippen LogP contribution in [-0.2, 0) is 6.42 Å². The third-order valence-corrected chi connectivity index (χ3v) is 3.35. The van der Waals surface area contributed by atoms with Gasteiger partial charge in [-0.2, -0.15) is 0 Å². The SMILES string of the molecule is O=C(c1ccc(CCO)cc1)C1CCNCC1. The van der Waals surface area contributed by atoms with Gasteiger partial charge in [-0.3, -0.25) is 4.79 Å². The van der Waals surface area contributed by atoms with Gasteiger partial charge in [0.05, 0.1) is 0 Å². The average molecular weight is 233 g/mol. The Labute approximate surface area is 102 Å². The van der Waals surface area contributed by atoms with Crippen molar-refractivity contribution >= 4 is 5.78 Å². The average Bonchev–Trinajstić information content (AvgIpc) is 2.40. The normalized spacial score (nSPS) is 17.0. The minimum Gasteiger partial charge on any atom is -0.396 e. The van der Waals surface area contributed by atoms with E-state index in [1.54, 1.807) is 0 Å². The summed E-state index contributed by atoms with van der Waals surface area (Å²) in [6.45, 7) is 2.04. The minimum atomic E-state index is 0.154. The summed E-state index contributed by atoms with van der Waals surface area (Å²) < 4.78 is 0. The van der Waals surface area contributed by atoms with Crippen LogP contribution in [0, 0.1) is 5.92 Å². The van der Waals surface area contributed by atoms with Crippen LogP contribution in [0.25, 0.3) is 0 Å². The van der Waals surface area contributed by atoms with Crippen molar-refractivity contribution in [3.8, 4) is 0 Å². The summed E-state index contributed by atoms with van der Waals surface area (Å²) in [4.78, 5) is 12.2. The first-order valence-corrected chi connectivity index (χ1v) is 6.26. The van der Waals surface area contributed by atoms with Crippen LogP contribution in [0.3, 0.4) is 0 Å². The van der Waals surface area contributed by atoms with E-state index >= 15 is 0 Å². The molecule has 0 amide bonds. The smallest absolute Gasteiger partial charge is 0.166 e. The Balaban J connectivity index is 2.03. The summed E-state index contributed by atoms with van der Waals surface area (Å²) in [7, 11) is 0. The van der Waals surface area contributed by atoms with Gasteiger partial charge in [-0.1, -0.05) is 24.3 Å². The fourth-order valence-corrected chi connectivity index (χ4v) is 2.28. The molecule has 0 atom stereocenters. The number of aliphatic hydroxyl groups excluding tert-OH is 1. The molecule has 1 aliphatic rings. The Kier molecular flexibility index (Phi) is 4.29. The lowest BCUT2D eigenvalue weighted by Gasteiger charge is -2.21. The van der Waals surface area contributed by atoms with Gasteiger partial charge in [0.1, 0.15) is 0 Å². The van der Waals surface area contributed by atoms with Gasteiger partial charge in [0.2, 0.25) is 0 Å². The molecular formula is C14H19NO2. The maximum absolute atomic E-state index is 12.2. The fraction of sp³-hybridized carbons (Fsp3) is 0.500. The van der Waals surface area contributed by atoms with Crippen LogP contribution < -0.4 is 5.32 Å². The number of benzene rings is 1. The van der Waals surface area contributed by atoms with Gasteiger partial charge in [-0.25, -0.2) is 0 Å². The van der Waals surface area contributed by atoms with Crippen molar-refractivity contribution in [1.82, 2.24) is 5.32 Å². The third-order valence-electron chi connectivity index (χ3n) is 3.35. The summed E-state index contributed by atoms with van der Waals surface area (Å²) in [5.41, 5.74) is 1.88. The molecule has 0 aliphatic carbocycles. The molecule has 92 valence electrons. The van der Waals surface area contributed by atoms with Crippen LogP contribution in [0.15, 0.2) is 24.3 Å². The first kappa shape index (κ1) is 12.3. The van der Waals surface area contributed by atoms with Crippen LogP contribution in [0.5, 0.6) is 0 Å². The quantitative estimate of drug-likeness (QED) is 0.773. The van der Waals surface area contributed by atoms with E-state index in [1.165, 1.54) is 0 Å². The second-order valence-corrected chi connectivity index (χ2v) is 4.56. The second kappa shape index (κ2) is 5.94. The van der Waals surface area contributed by atoms with E-state index in [9.17, 15) is 4.79 Å². The molecule has 0 saturated carbocycles. The van der Waals surface area contributed by atoms with Crippen molar-refractivity contribution in [1.29, 1.82) is 0 Å². The summed E-state index contributed by atoms with van der Waals surface area (Å²) >= 11 is 0. The van der Waals surface area contributed by atoms with Crippen LogP contribution in [0.2, 0.25) is 0 Å². The minimum absolute atomic E-state index is 0.154. The van der Waals surface area contributed by atoms with Crippen molar-refractivity contribution in [3.05, 3.63) is 35.4 Å². The van der Waals surface area contributed by atoms with Crippen molar-refractivity contribution in [3.63, 3.8) is 0 Å². The van der Waals surface area contributed by atoms with E-state index in [4.69, 9.17) is 5.11 Å². The van der Waals surface area contributed by atoms with Crippen LogP contribution in [-0.4, -0.2) is 30.6 Å². The van der Waals surface area contributed by atoms with Crippen molar-refractivity contribution < 1.29 is 9.90 Å². The van der Waals surface area contributed by atoms with Crippen LogP contribution >= 0.6 is 0 Å². The Hall–Kier alpha value is -1.19. The molecule has 0 bridgehead atoms. The van der Waals surface area contributed by atoms with Gasteiger partial charge < -0.3 is 10.4 Å². The third kappa shape index (κ3) is 3.14. The zero-order chi connectivity index (χ0) is 12.1. The number of rotatable bonds is 4. The topological polar surface area (TPSA) is 49.3 Å². The van der Waals surface area contributed by atoms with Crippen molar-refractivity contribution in [2.45, 2.75) is 19.3 Å². The summed E-state index contributed by atoms with van der Waals surface area (Å²) in [6.07, 6.45) is 2.54. The number of carbonyl (C=O) groups excluding carboxylic acids is 1. The van der Waals surface area contributed by atoms with Gasteiger partial charge in [0.25, 0.3) is 0 Å². The van der Waals surface area contributed by atoms with Gasteiger partial charge in [0, 0.05) is 18.1 Å². The van der Waals surface area contributed by atoms with Crippen molar-refractivity contribution in [2.24, 2.45) is 5.92 Å². The number of ketones is 1. The molecule has 1 heterocycles. The summed E-state index contributed by atoms with van der Waals surface area (Å²) in [5, 5.41) is 12.1. The van der Waals surface area contributed by atoms with Gasteiger partial charge in [-0.15, -0.1) is 0 Å². The fourth-order valence-electron chi connectivity index (χ4n) is 2.28.